The van der Waals surface area contributed by atoms with Crippen molar-refractivity contribution in [3.8, 4) is 0 Å². The number of aliphatic hydroxyl groups excluding tert-OH is 1. The smallest absolute Gasteiger partial charge is 0.228 e. The predicted octanol–water partition coefficient (Wildman–Crippen LogP) is 2.48. The van der Waals surface area contributed by atoms with Crippen molar-refractivity contribution in [1.29, 1.82) is 0 Å². The summed E-state index contributed by atoms with van der Waals surface area (Å²) in [6, 6.07) is 3.96. The third-order valence-corrected chi connectivity index (χ3v) is 6.11. The SMILES string of the molecule is CC[C@@H]1CN(C(=O)Cc2cccs2)[C@H](CO)[C@@H]1CN(CC)CC. The molecular formula is C18H30N2O2S. The summed E-state index contributed by atoms with van der Waals surface area (Å²) in [5, 5.41) is 12.0. The number of nitrogens with zero attached hydrogens (tertiary/aromatic N) is 2. The van der Waals surface area contributed by atoms with Crippen molar-refractivity contribution in [2.75, 3.05) is 32.8 Å². The van der Waals surface area contributed by atoms with E-state index in [1.54, 1.807) is 11.3 Å². The fourth-order valence-electron chi connectivity index (χ4n) is 3.74. The minimum Gasteiger partial charge on any atom is -0.394 e. The summed E-state index contributed by atoms with van der Waals surface area (Å²) in [4.78, 5) is 18.2. The number of rotatable bonds is 8. The van der Waals surface area contributed by atoms with Crippen LogP contribution in [0.25, 0.3) is 0 Å². The zero-order valence-corrected chi connectivity index (χ0v) is 15.4. The minimum absolute atomic E-state index is 0.0342. The lowest BCUT2D eigenvalue weighted by atomic mass is 9.88. The van der Waals surface area contributed by atoms with E-state index in [1.807, 2.05) is 22.4 Å². The van der Waals surface area contributed by atoms with Gasteiger partial charge in [0.25, 0.3) is 0 Å². The standard InChI is InChI=1S/C18H30N2O2S/c1-4-14-11-20(18(22)10-15-8-7-9-23-15)17(13-21)16(14)12-19(5-2)6-3/h7-9,14,16-17,21H,4-6,10-13H2,1-3H3/t14-,16-,17-/m1/s1. The Kier molecular flexibility index (Phi) is 7.06. The fraction of sp³-hybridized carbons (Fsp3) is 0.722. The van der Waals surface area contributed by atoms with Gasteiger partial charge < -0.3 is 14.9 Å². The molecule has 0 unspecified atom stereocenters. The van der Waals surface area contributed by atoms with Gasteiger partial charge in [0.2, 0.25) is 5.91 Å². The van der Waals surface area contributed by atoms with Crippen LogP contribution in [-0.2, 0) is 11.2 Å². The van der Waals surface area contributed by atoms with E-state index in [1.165, 1.54) is 0 Å². The van der Waals surface area contributed by atoms with Crippen LogP contribution < -0.4 is 0 Å². The third-order valence-electron chi connectivity index (χ3n) is 5.23. The molecule has 1 aliphatic rings. The topological polar surface area (TPSA) is 43.8 Å². The maximum Gasteiger partial charge on any atom is 0.228 e. The highest BCUT2D eigenvalue weighted by Crippen LogP contribution is 2.33. The summed E-state index contributed by atoms with van der Waals surface area (Å²) in [6.07, 6.45) is 1.52. The van der Waals surface area contributed by atoms with Crippen molar-refractivity contribution in [2.24, 2.45) is 11.8 Å². The number of hydrogen-bond acceptors (Lipinski definition) is 4. The second-order valence-corrected chi connectivity index (χ2v) is 7.40. The number of likely N-dealkylation sites (tertiary alicyclic amines) is 1. The molecule has 0 bridgehead atoms. The lowest BCUT2D eigenvalue weighted by Crippen LogP contribution is -2.44. The second-order valence-electron chi connectivity index (χ2n) is 6.37. The van der Waals surface area contributed by atoms with Gasteiger partial charge in [0.05, 0.1) is 19.1 Å². The van der Waals surface area contributed by atoms with Gasteiger partial charge in [-0.2, -0.15) is 0 Å². The van der Waals surface area contributed by atoms with Crippen LogP contribution in [0.2, 0.25) is 0 Å². The highest BCUT2D eigenvalue weighted by Gasteiger charge is 2.42. The van der Waals surface area contributed by atoms with Crippen molar-refractivity contribution in [1.82, 2.24) is 9.80 Å². The minimum atomic E-state index is -0.0342. The molecule has 0 saturated carbocycles. The van der Waals surface area contributed by atoms with Crippen molar-refractivity contribution >= 4 is 17.2 Å². The molecule has 1 saturated heterocycles. The molecule has 0 aromatic carbocycles. The van der Waals surface area contributed by atoms with Gasteiger partial charge >= 0.3 is 0 Å². The Hall–Kier alpha value is -0.910. The first-order valence-corrected chi connectivity index (χ1v) is 9.67. The van der Waals surface area contributed by atoms with Crippen molar-refractivity contribution < 1.29 is 9.90 Å². The van der Waals surface area contributed by atoms with E-state index in [4.69, 9.17) is 0 Å². The highest BCUT2D eigenvalue weighted by molar-refractivity contribution is 7.10. The van der Waals surface area contributed by atoms with Gasteiger partial charge in [-0.1, -0.05) is 33.3 Å². The van der Waals surface area contributed by atoms with Gasteiger partial charge in [-0.3, -0.25) is 4.79 Å². The summed E-state index contributed by atoms with van der Waals surface area (Å²) in [7, 11) is 0. The molecule has 130 valence electrons. The number of carbonyl (C=O) groups is 1. The van der Waals surface area contributed by atoms with E-state index < -0.39 is 0 Å². The first-order valence-electron chi connectivity index (χ1n) is 8.79. The Morgan fingerprint density at radius 2 is 2.13 bits per heavy atom. The zero-order valence-electron chi connectivity index (χ0n) is 14.6. The molecule has 0 radical (unpaired) electrons. The van der Waals surface area contributed by atoms with Gasteiger partial charge in [0.1, 0.15) is 0 Å². The molecule has 23 heavy (non-hydrogen) atoms. The summed E-state index contributed by atoms with van der Waals surface area (Å²) < 4.78 is 0. The summed E-state index contributed by atoms with van der Waals surface area (Å²) in [6.45, 7) is 10.4. The molecule has 2 rings (SSSR count). The molecule has 0 spiro atoms. The molecule has 5 heteroatoms. The molecule has 1 aliphatic heterocycles. The largest absolute Gasteiger partial charge is 0.394 e. The zero-order chi connectivity index (χ0) is 16.8. The Bertz CT molecular complexity index is 473. The summed E-state index contributed by atoms with van der Waals surface area (Å²) >= 11 is 1.63. The average Bonchev–Trinajstić information content (AvgIpc) is 3.19. The molecule has 3 atom stereocenters. The van der Waals surface area contributed by atoms with Gasteiger partial charge in [0, 0.05) is 18.0 Å². The van der Waals surface area contributed by atoms with Crippen molar-refractivity contribution in [3.05, 3.63) is 22.4 Å². The Labute approximate surface area is 144 Å². The van der Waals surface area contributed by atoms with Gasteiger partial charge in [0.15, 0.2) is 0 Å². The van der Waals surface area contributed by atoms with Crippen LogP contribution in [0.4, 0.5) is 0 Å². The molecule has 2 heterocycles. The van der Waals surface area contributed by atoms with E-state index in [0.29, 0.717) is 18.3 Å². The van der Waals surface area contributed by atoms with Crippen LogP contribution in [0.5, 0.6) is 0 Å². The first kappa shape index (κ1) is 18.4. The normalized spacial score (nSPS) is 24.6. The number of carbonyl (C=O) groups excluding carboxylic acids is 1. The maximum absolute atomic E-state index is 12.7. The van der Waals surface area contributed by atoms with E-state index in [-0.39, 0.29) is 18.6 Å². The van der Waals surface area contributed by atoms with Crippen molar-refractivity contribution in [2.45, 2.75) is 39.7 Å². The second kappa shape index (κ2) is 8.81. The highest BCUT2D eigenvalue weighted by atomic mass is 32.1. The average molecular weight is 339 g/mol. The molecule has 1 fully saturated rings. The Morgan fingerprint density at radius 3 is 2.65 bits per heavy atom. The third kappa shape index (κ3) is 4.34. The summed E-state index contributed by atoms with van der Waals surface area (Å²) in [5.41, 5.74) is 0. The first-order chi connectivity index (χ1) is 11.1. The summed E-state index contributed by atoms with van der Waals surface area (Å²) in [5.74, 6) is 1.02. The van der Waals surface area contributed by atoms with E-state index in [0.717, 1.165) is 37.5 Å². The molecule has 1 aromatic rings. The van der Waals surface area contributed by atoms with Crippen LogP contribution in [0.15, 0.2) is 17.5 Å². The van der Waals surface area contributed by atoms with E-state index in [2.05, 4.69) is 25.7 Å². The number of thiophene rings is 1. The van der Waals surface area contributed by atoms with E-state index >= 15 is 0 Å². The van der Waals surface area contributed by atoms with E-state index in [9.17, 15) is 9.90 Å². The quantitative estimate of drug-likeness (QED) is 0.792. The van der Waals surface area contributed by atoms with Crippen LogP contribution >= 0.6 is 11.3 Å². The molecule has 0 aliphatic carbocycles. The molecule has 4 nitrogen and oxygen atoms in total. The fourth-order valence-corrected chi connectivity index (χ4v) is 4.43. The maximum atomic E-state index is 12.7. The van der Waals surface area contributed by atoms with Crippen LogP contribution in [0.3, 0.4) is 0 Å². The van der Waals surface area contributed by atoms with Gasteiger partial charge in [-0.25, -0.2) is 0 Å². The number of aliphatic hydroxyl groups is 1. The van der Waals surface area contributed by atoms with Gasteiger partial charge in [-0.15, -0.1) is 11.3 Å². The predicted molar refractivity (Wildman–Crippen MR) is 95.7 cm³/mol. The lowest BCUT2D eigenvalue weighted by Gasteiger charge is -2.31. The molecular weight excluding hydrogens is 308 g/mol. The van der Waals surface area contributed by atoms with Crippen LogP contribution in [0, 0.1) is 11.8 Å². The van der Waals surface area contributed by atoms with Gasteiger partial charge in [-0.05, 0) is 36.4 Å². The van der Waals surface area contributed by atoms with Crippen LogP contribution in [-0.4, -0.2) is 59.6 Å². The Balaban J connectivity index is 2.09. The monoisotopic (exact) mass is 338 g/mol. The van der Waals surface area contributed by atoms with Crippen LogP contribution in [0.1, 0.15) is 32.1 Å². The number of amides is 1. The molecule has 1 aromatic heterocycles. The Morgan fingerprint density at radius 1 is 1.39 bits per heavy atom. The van der Waals surface area contributed by atoms with Crippen molar-refractivity contribution in [3.63, 3.8) is 0 Å². The molecule has 1 amide bonds. The molecule has 1 N–H and O–H groups in total. The number of hydrogen-bond donors (Lipinski definition) is 1. The lowest BCUT2D eigenvalue weighted by molar-refractivity contribution is -0.132.